The molecule has 1 fully saturated rings. The molecule has 1 heterocycles. The molecule has 1 aliphatic rings. The average molecular weight is 427 g/mol. The number of carbonyl (C=O) groups is 2. The van der Waals surface area contributed by atoms with Crippen molar-refractivity contribution < 1.29 is 23.9 Å². The molecule has 2 amide bonds. The molecule has 7 nitrogen and oxygen atoms in total. The largest absolute Gasteiger partial charge is 0.489 e. The lowest BCUT2D eigenvalue weighted by Crippen LogP contribution is -2.43. The standard InChI is InChI=1S/C24H30N2O5/c1-24(2,3)30-23(28)25-31-20-12-14-26(15-13-20)22(27)19-10-7-11-21(16-19)29-17-18-8-5-4-6-9-18/h4-11,16,20H,12-15,17H2,1-3H3,(H,25,28). The Morgan fingerprint density at radius 3 is 2.42 bits per heavy atom. The number of piperidine rings is 1. The van der Waals surface area contributed by atoms with Gasteiger partial charge in [0.05, 0.1) is 6.10 Å². The zero-order valence-electron chi connectivity index (χ0n) is 18.3. The van der Waals surface area contributed by atoms with E-state index in [9.17, 15) is 9.59 Å². The summed E-state index contributed by atoms with van der Waals surface area (Å²) in [6, 6.07) is 17.1. The molecule has 0 spiro atoms. The molecule has 3 rings (SSSR count). The summed E-state index contributed by atoms with van der Waals surface area (Å²) < 4.78 is 11.0. The van der Waals surface area contributed by atoms with Gasteiger partial charge in [0.2, 0.25) is 0 Å². The Kier molecular flexibility index (Phi) is 7.52. The van der Waals surface area contributed by atoms with E-state index in [-0.39, 0.29) is 12.0 Å². The summed E-state index contributed by atoms with van der Waals surface area (Å²) in [5.41, 5.74) is 3.42. The number of carbonyl (C=O) groups excluding carboxylic acids is 2. The van der Waals surface area contributed by atoms with Gasteiger partial charge in [-0.25, -0.2) is 4.79 Å². The number of rotatable bonds is 6. The van der Waals surface area contributed by atoms with Crippen LogP contribution < -0.4 is 10.2 Å². The molecule has 0 aliphatic carbocycles. The minimum Gasteiger partial charge on any atom is -0.489 e. The van der Waals surface area contributed by atoms with Gasteiger partial charge >= 0.3 is 6.09 Å². The van der Waals surface area contributed by atoms with Crippen LogP contribution in [-0.4, -0.2) is 41.7 Å². The van der Waals surface area contributed by atoms with Crippen LogP contribution in [0.3, 0.4) is 0 Å². The van der Waals surface area contributed by atoms with Gasteiger partial charge in [-0.2, -0.15) is 5.48 Å². The highest BCUT2D eigenvalue weighted by atomic mass is 16.7. The van der Waals surface area contributed by atoms with Crippen LogP contribution in [0.25, 0.3) is 0 Å². The molecule has 0 saturated carbocycles. The van der Waals surface area contributed by atoms with Crippen LogP contribution in [0.4, 0.5) is 4.79 Å². The molecule has 1 N–H and O–H groups in total. The maximum Gasteiger partial charge on any atom is 0.431 e. The van der Waals surface area contributed by atoms with E-state index in [2.05, 4.69) is 5.48 Å². The van der Waals surface area contributed by atoms with Gasteiger partial charge in [-0.1, -0.05) is 36.4 Å². The molecular formula is C24H30N2O5. The van der Waals surface area contributed by atoms with E-state index in [0.29, 0.717) is 43.9 Å². The van der Waals surface area contributed by atoms with Crippen molar-refractivity contribution >= 4 is 12.0 Å². The first-order chi connectivity index (χ1) is 14.8. The summed E-state index contributed by atoms with van der Waals surface area (Å²) in [5, 5.41) is 0. The van der Waals surface area contributed by atoms with Crippen LogP contribution in [0.1, 0.15) is 49.5 Å². The van der Waals surface area contributed by atoms with Crippen LogP contribution in [0.15, 0.2) is 54.6 Å². The Morgan fingerprint density at radius 2 is 1.74 bits per heavy atom. The zero-order chi connectivity index (χ0) is 22.3. The fourth-order valence-corrected chi connectivity index (χ4v) is 3.25. The number of ether oxygens (including phenoxy) is 2. The minimum atomic E-state index is -0.613. The predicted octanol–water partition coefficient (Wildman–Crippen LogP) is 4.33. The number of hydrogen-bond donors (Lipinski definition) is 1. The monoisotopic (exact) mass is 426 g/mol. The van der Waals surface area contributed by atoms with Crippen molar-refractivity contribution in [2.24, 2.45) is 0 Å². The Hall–Kier alpha value is -3.06. The van der Waals surface area contributed by atoms with E-state index in [4.69, 9.17) is 14.3 Å². The minimum absolute atomic E-state index is 0.0382. The normalized spacial score (nSPS) is 14.7. The predicted molar refractivity (Wildman–Crippen MR) is 117 cm³/mol. The topological polar surface area (TPSA) is 77.1 Å². The summed E-state index contributed by atoms with van der Waals surface area (Å²) in [7, 11) is 0. The van der Waals surface area contributed by atoms with Crippen molar-refractivity contribution in [1.29, 1.82) is 0 Å². The third-order valence-corrected chi connectivity index (χ3v) is 4.77. The van der Waals surface area contributed by atoms with Crippen molar-refractivity contribution in [3.05, 3.63) is 65.7 Å². The molecule has 0 aromatic heterocycles. The van der Waals surface area contributed by atoms with Crippen LogP contribution in [0.5, 0.6) is 5.75 Å². The molecule has 1 saturated heterocycles. The molecule has 0 unspecified atom stereocenters. The molecule has 2 aromatic carbocycles. The average Bonchev–Trinajstić information content (AvgIpc) is 2.76. The first-order valence-electron chi connectivity index (χ1n) is 10.5. The van der Waals surface area contributed by atoms with Crippen molar-refractivity contribution in [2.75, 3.05) is 13.1 Å². The summed E-state index contributed by atoms with van der Waals surface area (Å²) in [6.45, 7) is 6.92. The van der Waals surface area contributed by atoms with Gasteiger partial charge < -0.3 is 14.4 Å². The van der Waals surface area contributed by atoms with E-state index >= 15 is 0 Å². The van der Waals surface area contributed by atoms with E-state index in [0.717, 1.165) is 5.56 Å². The Bertz CT molecular complexity index is 871. The lowest BCUT2D eigenvalue weighted by atomic mass is 10.1. The summed E-state index contributed by atoms with van der Waals surface area (Å²) >= 11 is 0. The molecule has 0 radical (unpaired) electrons. The number of hydroxylamine groups is 1. The second-order valence-electron chi connectivity index (χ2n) is 8.52. The Morgan fingerprint density at radius 1 is 1.03 bits per heavy atom. The molecule has 1 aliphatic heterocycles. The van der Waals surface area contributed by atoms with Gasteiger partial charge in [-0.05, 0) is 57.4 Å². The molecule has 0 atom stereocenters. The second-order valence-corrected chi connectivity index (χ2v) is 8.52. The van der Waals surface area contributed by atoms with E-state index in [1.165, 1.54) is 0 Å². The first kappa shape index (κ1) is 22.6. The van der Waals surface area contributed by atoms with Crippen LogP contribution >= 0.6 is 0 Å². The highest BCUT2D eigenvalue weighted by molar-refractivity contribution is 5.94. The van der Waals surface area contributed by atoms with Crippen LogP contribution in [0, 0.1) is 0 Å². The highest BCUT2D eigenvalue weighted by Crippen LogP contribution is 2.20. The van der Waals surface area contributed by atoms with Gasteiger partial charge in [-0.15, -0.1) is 0 Å². The number of nitrogens with one attached hydrogen (secondary N) is 1. The lowest BCUT2D eigenvalue weighted by Gasteiger charge is -2.31. The maximum absolute atomic E-state index is 12.9. The van der Waals surface area contributed by atoms with Gasteiger partial charge in [0.25, 0.3) is 5.91 Å². The molecule has 7 heteroatoms. The van der Waals surface area contributed by atoms with Gasteiger partial charge in [0.15, 0.2) is 0 Å². The van der Waals surface area contributed by atoms with Gasteiger partial charge in [0.1, 0.15) is 18.0 Å². The van der Waals surface area contributed by atoms with E-state index in [1.807, 2.05) is 42.5 Å². The lowest BCUT2D eigenvalue weighted by molar-refractivity contribution is -0.0594. The SMILES string of the molecule is CC(C)(C)OC(=O)NOC1CCN(C(=O)c2cccc(OCc3ccccc3)c2)CC1. The smallest absolute Gasteiger partial charge is 0.431 e. The van der Waals surface area contributed by atoms with Crippen molar-refractivity contribution in [1.82, 2.24) is 10.4 Å². The third-order valence-electron chi connectivity index (χ3n) is 4.77. The molecule has 166 valence electrons. The van der Waals surface area contributed by atoms with Crippen LogP contribution in [-0.2, 0) is 16.2 Å². The molecule has 2 aromatic rings. The maximum atomic E-state index is 12.9. The number of hydrogen-bond acceptors (Lipinski definition) is 5. The van der Waals surface area contributed by atoms with Crippen molar-refractivity contribution in [3.8, 4) is 5.75 Å². The van der Waals surface area contributed by atoms with Gasteiger partial charge in [-0.3, -0.25) is 9.63 Å². The third kappa shape index (κ3) is 7.29. The molecular weight excluding hydrogens is 396 g/mol. The highest BCUT2D eigenvalue weighted by Gasteiger charge is 2.26. The number of benzene rings is 2. The van der Waals surface area contributed by atoms with E-state index < -0.39 is 11.7 Å². The fraction of sp³-hybridized carbons (Fsp3) is 0.417. The number of likely N-dealkylation sites (tertiary alicyclic amines) is 1. The summed E-state index contributed by atoms with van der Waals surface area (Å²) in [6.07, 6.45) is 0.493. The Labute approximate surface area is 183 Å². The van der Waals surface area contributed by atoms with Gasteiger partial charge in [0, 0.05) is 18.7 Å². The first-order valence-corrected chi connectivity index (χ1v) is 10.5. The fourth-order valence-electron chi connectivity index (χ4n) is 3.25. The van der Waals surface area contributed by atoms with Crippen molar-refractivity contribution in [2.45, 2.75) is 51.9 Å². The molecule has 31 heavy (non-hydrogen) atoms. The zero-order valence-corrected chi connectivity index (χ0v) is 18.3. The quantitative estimate of drug-likeness (QED) is 0.696. The number of nitrogens with zero attached hydrogens (tertiary/aromatic N) is 1. The second kappa shape index (κ2) is 10.3. The Balaban J connectivity index is 1.46. The summed E-state index contributed by atoms with van der Waals surface area (Å²) in [5.74, 6) is 0.623. The number of amides is 2. The van der Waals surface area contributed by atoms with E-state index in [1.54, 1.807) is 37.8 Å². The summed E-state index contributed by atoms with van der Waals surface area (Å²) in [4.78, 5) is 31.8. The van der Waals surface area contributed by atoms with Crippen LogP contribution in [0.2, 0.25) is 0 Å². The van der Waals surface area contributed by atoms with Crippen molar-refractivity contribution in [3.63, 3.8) is 0 Å². The molecule has 0 bridgehead atoms.